The number of aliphatic carboxylic acids is 1. The molecule has 1 rings (SSSR count). The van der Waals surface area contributed by atoms with Crippen molar-refractivity contribution < 1.29 is 24.5 Å². The molecule has 1 saturated heterocycles. The lowest BCUT2D eigenvalue weighted by Gasteiger charge is -2.40. The summed E-state index contributed by atoms with van der Waals surface area (Å²) in [6.07, 6.45) is 3.19. The Balaban J connectivity index is 2.52. The van der Waals surface area contributed by atoms with Crippen LogP contribution in [0.2, 0.25) is 0 Å². The van der Waals surface area contributed by atoms with Crippen LogP contribution in [0.1, 0.15) is 46.0 Å². The molecule has 0 aromatic rings. The molecule has 21 heavy (non-hydrogen) atoms. The number of nitrogens with one attached hydrogen (secondary N) is 2. The van der Waals surface area contributed by atoms with E-state index in [1.807, 2.05) is 0 Å². The van der Waals surface area contributed by atoms with Gasteiger partial charge in [-0.3, -0.25) is 0 Å². The highest BCUT2D eigenvalue weighted by Gasteiger charge is 2.35. The number of urea groups is 1. The van der Waals surface area contributed by atoms with Gasteiger partial charge in [-0.2, -0.15) is 0 Å². The standard InChI is InChI=1S/C14H26N2O5/c1-3-14(4-2)9-10(6-8-21-14)15-13(20)16-11(5-7-17)12(18)19/h10-11,17H,3-9H2,1-2H3,(H,18,19)(H2,15,16,20)/t10?,11-/m1/s1. The zero-order valence-electron chi connectivity index (χ0n) is 12.7. The first kappa shape index (κ1) is 17.7. The van der Waals surface area contributed by atoms with Crippen molar-refractivity contribution in [2.75, 3.05) is 13.2 Å². The summed E-state index contributed by atoms with van der Waals surface area (Å²) in [5, 5.41) is 22.9. The fourth-order valence-electron chi connectivity index (χ4n) is 2.67. The van der Waals surface area contributed by atoms with Crippen molar-refractivity contribution >= 4 is 12.0 Å². The van der Waals surface area contributed by atoms with Crippen LogP contribution in [-0.2, 0) is 9.53 Å². The second-order valence-electron chi connectivity index (χ2n) is 5.45. The van der Waals surface area contributed by atoms with Crippen molar-refractivity contribution in [3.8, 4) is 0 Å². The minimum atomic E-state index is -1.15. The van der Waals surface area contributed by atoms with Crippen molar-refractivity contribution in [2.45, 2.75) is 63.6 Å². The third-order valence-electron chi connectivity index (χ3n) is 4.14. The first-order valence-electron chi connectivity index (χ1n) is 7.51. The maximum Gasteiger partial charge on any atom is 0.326 e. The van der Waals surface area contributed by atoms with Crippen LogP contribution >= 0.6 is 0 Å². The van der Waals surface area contributed by atoms with Gasteiger partial charge in [-0.1, -0.05) is 13.8 Å². The third kappa shape index (κ3) is 5.17. The zero-order chi connectivity index (χ0) is 15.9. The average Bonchev–Trinajstić information content (AvgIpc) is 2.46. The number of amides is 2. The van der Waals surface area contributed by atoms with Gasteiger partial charge in [-0.05, 0) is 25.7 Å². The molecule has 0 radical (unpaired) electrons. The van der Waals surface area contributed by atoms with E-state index in [1.165, 1.54) is 0 Å². The smallest absolute Gasteiger partial charge is 0.326 e. The van der Waals surface area contributed by atoms with Gasteiger partial charge in [0.2, 0.25) is 0 Å². The summed E-state index contributed by atoms with van der Waals surface area (Å²) >= 11 is 0. The van der Waals surface area contributed by atoms with E-state index < -0.39 is 18.0 Å². The number of hydrogen-bond acceptors (Lipinski definition) is 4. The van der Waals surface area contributed by atoms with Gasteiger partial charge >= 0.3 is 12.0 Å². The Kier molecular flexibility index (Phi) is 6.91. The molecule has 1 unspecified atom stereocenters. The molecule has 1 aliphatic heterocycles. The lowest BCUT2D eigenvalue weighted by Crippen LogP contribution is -2.53. The summed E-state index contributed by atoms with van der Waals surface area (Å²) in [6, 6.07) is -1.61. The van der Waals surface area contributed by atoms with E-state index in [9.17, 15) is 9.59 Å². The van der Waals surface area contributed by atoms with Gasteiger partial charge in [0, 0.05) is 25.7 Å². The minimum absolute atomic E-state index is 0.00954. The molecule has 7 nitrogen and oxygen atoms in total. The summed E-state index contributed by atoms with van der Waals surface area (Å²) in [5.41, 5.74) is -0.201. The number of aliphatic hydroxyl groups is 1. The molecule has 2 atom stereocenters. The molecule has 4 N–H and O–H groups in total. The fraction of sp³-hybridized carbons (Fsp3) is 0.857. The Labute approximate surface area is 125 Å². The Hall–Kier alpha value is -1.34. The van der Waals surface area contributed by atoms with Crippen molar-refractivity contribution in [1.82, 2.24) is 10.6 Å². The molecule has 0 bridgehead atoms. The molecule has 0 aromatic heterocycles. The van der Waals surface area contributed by atoms with Crippen LogP contribution in [0.25, 0.3) is 0 Å². The van der Waals surface area contributed by atoms with Gasteiger partial charge in [0.1, 0.15) is 6.04 Å². The molecule has 0 aliphatic carbocycles. The van der Waals surface area contributed by atoms with Crippen molar-refractivity contribution in [2.24, 2.45) is 0 Å². The maximum atomic E-state index is 11.9. The van der Waals surface area contributed by atoms with E-state index in [4.69, 9.17) is 14.9 Å². The molecule has 0 aromatic carbocycles. The highest BCUT2D eigenvalue weighted by molar-refractivity contribution is 5.82. The molecular weight excluding hydrogens is 276 g/mol. The number of carboxylic acids is 1. The number of carbonyl (C=O) groups excluding carboxylic acids is 1. The predicted molar refractivity (Wildman–Crippen MR) is 77.1 cm³/mol. The number of ether oxygens (including phenoxy) is 1. The normalized spacial score (nSPS) is 22.3. The highest BCUT2D eigenvalue weighted by atomic mass is 16.5. The van der Waals surface area contributed by atoms with E-state index >= 15 is 0 Å². The van der Waals surface area contributed by atoms with Gasteiger partial charge in [-0.15, -0.1) is 0 Å². The molecule has 1 fully saturated rings. The lowest BCUT2D eigenvalue weighted by molar-refractivity contribution is -0.139. The molecule has 7 heteroatoms. The van der Waals surface area contributed by atoms with Gasteiger partial charge in [0.15, 0.2) is 0 Å². The summed E-state index contributed by atoms with van der Waals surface area (Å²) in [7, 11) is 0. The van der Waals surface area contributed by atoms with Gasteiger partial charge in [-0.25, -0.2) is 9.59 Å². The predicted octanol–water partition coefficient (Wildman–Crippen LogP) is 0.859. The van der Waals surface area contributed by atoms with Crippen molar-refractivity contribution in [1.29, 1.82) is 0 Å². The number of carbonyl (C=O) groups is 2. The summed E-state index contributed by atoms with van der Waals surface area (Å²) < 4.78 is 5.83. The molecule has 122 valence electrons. The van der Waals surface area contributed by atoms with E-state index in [0.29, 0.717) is 13.0 Å². The van der Waals surface area contributed by atoms with Gasteiger partial charge in [0.05, 0.1) is 5.60 Å². The maximum absolute atomic E-state index is 11.9. The second-order valence-corrected chi connectivity index (χ2v) is 5.45. The van der Waals surface area contributed by atoms with Crippen LogP contribution in [0.5, 0.6) is 0 Å². The first-order valence-corrected chi connectivity index (χ1v) is 7.51. The summed E-state index contributed by atoms with van der Waals surface area (Å²) in [4.78, 5) is 22.8. The largest absolute Gasteiger partial charge is 0.480 e. The third-order valence-corrected chi connectivity index (χ3v) is 4.14. The Morgan fingerprint density at radius 1 is 1.38 bits per heavy atom. The van der Waals surface area contributed by atoms with Crippen LogP contribution in [-0.4, -0.2) is 53.1 Å². The minimum Gasteiger partial charge on any atom is -0.480 e. The van der Waals surface area contributed by atoms with Crippen LogP contribution in [0, 0.1) is 0 Å². The summed E-state index contributed by atoms with van der Waals surface area (Å²) in [5.74, 6) is -1.15. The average molecular weight is 302 g/mol. The monoisotopic (exact) mass is 302 g/mol. The van der Waals surface area contributed by atoms with Crippen LogP contribution in [0.3, 0.4) is 0 Å². The van der Waals surface area contributed by atoms with Gasteiger partial charge < -0.3 is 25.6 Å². The number of aliphatic hydroxyl groups excluding tert-OH is 1. The van der Waals surface area contributed by atoms with Crippen LogP contribution in [0.15, 0.2) is 0 Å². The Morgan fingerprint density at radius 3 is 2.57 bits per heavy atom. The van der Waals surface area contributed by atoms with E-state index in [2.05, 4.69) is 24.5 Å². The Morgan fingerprint density at radius 2 is 2.05 bits per heavy atom. The number of carboxylic acid groups (broad SMARTS) is 1. The number of rotatable bonds is 7. The number of hydrogen-bond donors (Lipinski definition) is 4. The van der Waals surface area contributed by atoms with Gasteiger partial charge in [0.25, 0.3) is 0 Å². The highest BCUT2D eigenvalue weighted by Crippen LogP contribution is 2.31. The van der Waals surface area contributed by atoms with Crippen molar-refractivity contribution in [3.05, 3.63) is 0 Å². The Bertz CT molecular complexity index is 357. The fourth-order valence-corrected chi connectivity index (χ4v) is 2.67. The van der Waals surface area contributed by atoms with Crippen molar-refractivity contribution in [3.63, 3.8) is 0 Å². The molecule has 1 aliphatic rings. The molecule has 1 heterocycles. The first-order chi connectivity index (χ1) is 9.96. The van der Waals surface area contributed by atoms with E-state index in [0.717, 1.165) is 19.3 Å². The van der Waals surface area contributed by atoms with E-state index in [1.54, 1.807) is 0 Å². The van der Waals surface area contributed by atoms with E-state index in [-0.39, 0.29) is 24.7 Å². The molecule has 2 amide bonds. The molecule has 0 saturated carbocycles. The second kappa shape index (κ2) is 8.19. The topological polar surface area (TPSA) is 108 Å². The van der Waals surface area contributed by atoms with Crippen LogP contribution < -0.4 is 10.6 Å². The lowest BCUT2D eigenvalue weighted by atomic mass is 9.86. The zero-order valence-corrected chi connectivity index (χ0v) is 12.7. The molecule has 0 spiro atoms. The van der Waals surface area contributed by atoms with Crippen LogP contribution in [0.4, 0.5) is 4.79 Å². The SMILES string of the molecule is CCC1(CC)CC(NC(=O)N[C@H](CCO)C(=O)O)CCO1. The quantitative estimate of drug-likeness (QED) is 0.558. The molecular formula is C14H26N2O5. The summed E-state index contributed by atoms with van der Waals surface area (Å²) in [6.45, 7) is 4.43.